The molecule has 0 spiro atoms. The molecular weight excluding hydrogens is 372 g/mol. The van der Waals surface area contributed by atoms with Gasteiger partial charge in [-0.25, -0.2) is 9.97 Å². The van der Waals surface area contributed by atoms with Gasteiger partial charge >= 0.3 is 0 Å². The van der Waals surface area contributed by atoms with Gasteiger partial charge in [0.05, 0.1) is 7.11 Å². The lowest BCUT2D eigenvalue weighted by Gasteiger charge is -2.21. The van der Waals surface area contributed by atoms with E-state index in [0.29, 0.717) is 34.7 Å². The van der Waals surface area contributed by atoms with Crippen molar-refractivity contribution in [2.24, 2.45) is 7.05 Å². The second-order valence-electron chi connectivity index (χ2n) is 7.60. The second kappa shape index (κ2) is 7.12. The summed E-state index contributed by atoms with van der Waals surface area (Å²) in [5, 5.41) is 17.5. The first-order valence-electron chi connectivity index (χ1n) is 9.11. The van der Waals surface area contributed by atoms with Gasteiger partial charge in [0, 0.05) is 18.7 Å². The maximum atomic E-state index is 6.01. The minimum absolute atomic E-state index is 0.206. The Hall–Kier alpha value is -3.56. The van der Waals surface area contributed by atoms with Crippen molar-refractivity contribution in [3.63, 3.8) is 0 Å². The molecular formula is C19H22N8O2. The van der Waals surface area contributed by atoms with Crippen LogP contribution in [0.1, 0.15) is 32.2 Å². The van der Waals surface area contributed by atoms with E-state index >= 15 is 0 Å². The Morgan fingerprint density at radius 1 is 1.10 bits per heavy atom. The van der Waals surface area contributed by atoms with Crippen molar-refractivity contribution < 1.29 is 9.47 Å². The summed E-state index contributed by atoms with van der Waals surface area (Å²) in [5.74, 6) is 2.04. The Morgan fingerprint density at radius 3 is 2.62 bits per heavy atom. The molecule has 0 amide bonds. The zero-order chi connectivity index (χ0) is 20.6. The van der Waals surface area contributed by atoms with E-state index in [4.69, 9.17) is 9.47 Å². The predicted molar refractivity (Wildman–Crippen MR) is 105 cm³/mol. The van der Waals surface area contributed by atoms with Gasteiger partial charge in [0.25, 0.3) is 0 Å². The minimum Gasteiger partial charge on any atom is -0.481 e. The van der Waals surface area contributed by atoms with Crippen LogP contribution in [0.2, 0.25) is 0 Å². The lowest BCUT2D eigenvalue weighted by atomic mass is 9.88. The first kappa shape index (κ1) is 18.8. The summed E-state index contributed by atoms with van der Waals surface area (Å²) in [6.07, 6.45) is 1.63. The maximum absolute atomic E-state index is 6.01. The van der Waals surface area contributed by atoms with Crippen molar-refractivity contribution >= 4 is 5.65 Å². The first-order chi connectivity index (χ1) is 13.8. The lowest BCUT2D eigenvalue weighted by Crippen LogP contribution is -2.16. The Kier molecular flexibility index (Phi) is 4.61. The molecule has 0 aliphatic heterocycles. The van der Waals surface area contributed by atoms with Gasteiger partial charge in [-0.2, -0.15) is 9.61 Å². The van der Waals surface area contributed by atoms with Crippen LogP contribution in [0.15, 0.2) is 30.6 Å². The molecule has 4 rings (SSSR count). The maximum Gasteiger partial charge on any atom is 0.236 e. The van der Waals surface area contributed by atoms with E-state index in [1.54, 1.807) is 28.7 Å². The van der Waals surface area contributed by atoms with E-state index in [1.807, 2.05) is 25.2 Å². The Balaban J connectivity index is 1.79. The number of hydrogen-bond acceptors (Lipinski definition) is 8. The van der Waals surface area contributed by atoms with Crippen molar-refractivity contribution in [2.45, 2.75) is 32.8 Å². The van der Waals surface area contributed by atoms with Crippen LogP contribution in [-0.4, -0.2) is 46.7 Å². The summed E-state index contributed by atoms with van der Waals surface area (Å²) in [5.41, 5.74) is 1.92. The SMILES string of the molecule is COc1cccc(-c2nnc3cc(C(C)(C)C)c(OCc4ncn(C)n4)nn23)n1. The molecule has 0 atom stereocenters. The van der Waals surface area contributed by atoms with Gasteiger partial charge in [-0.1, -0.05) is 26.8 Å². The number of pyridine rings is 1. The van der Waals surface area contributed by atoms with Crippen LogP contribution < -0.4 is 9.47 Å². The van der Waals surface area contributed by atoms with Crippen molar-refractivity contribution in [1.82, 2.24) is 39.6 Å². The van der Waals surface area contributed by atoms with Gasteiger partial charge in [-0.05, 0) is 17.5 Å². The number of hydrogen-bond donors (Lipinski definition) is 0. The predicted octanol–water partition coefficient (Wildman–Crippen LogP) is 2.20. The molecule has 0 saturated carbocycles. The monoisotopic (exact) mass is 394 g/mol. The minimum atomic E-state index is -0.206. The molecule has 0 aliphatic carbocycles. The van der Waals surface area contributed by atoms with Crippen LogP contribution in [0, 0.1) is 0 Å². The Labute approximate surface area is 167 Å². The number of methoxy groups -OCH3 is 1. The van der Waals surface area contributed by atoms with Gasteiger partial charge in [0.1, 0.15) is 12.0 Å². The van der Waals surface area contributed by atoms with Gasteiger partial charge in [0.2, 0.25) is 17.6 Å². The van der Waals surface area contributed by atoms with Crippen LogP contribution >= 0.6 is 0 Å². The van der Waals surface area contributed by atoms with Crippen LogP contribution in [0.5, 0.6) is 11.8 Å². The topological polar surface area (TPSA) is 105 Å². The number of aryl methyl sites for hydroxylation is 1. The largest absolute Gasteiger partial charge is 0.481 e. The molecule has 0 aromatic carbocycles. The zero-order valence-corrected chi connectivity index (χ0v) is 17.0. The van der Waals surface area contributed by atoms with Crippen LogP contribution in [0.25, 0.3) is 17.2 Å². The Morgan fingerprint density at radius 2 is 1.93 bits per heavy atom. The molecule has 0 saturated heterocycles. The van der Waals surface area contributed by atoms with Gasteiger partial charge < -0.3 is 9.47 Å². The fourth-order valence-electron chi connectivity index (χ4n) is 2.86. The van der Waals surface area contributed by atoms with Crippen molar-refractivity contribution in [1.29, 1.82) is 0 Å². The highest BCUT2D eigenvalue weighted by Gasteiger charge is 2.24. The standard InChI is InChI=1S/C19H22N8O2/c1-19(2,3)12-9-15-22-23-17(13-7-6-8-16(21-13)28-5)27(15)25-18(12)29-10-14-20-11-26(4)24-14/h6-9,11H,10H2,1-5H3. The fourth-order valence-corrected chi connectivity index (χ4v) is 2.86. The number of fused-ring (bicyclic) bond motifs is 1. The first-order valence-corrected chi connectivity index (χ1v) is 9.11. The van der Waals surface area contributed by atoms with Crippen LogP contribution in [0.3, 0.4) is 0 Å². The molecule has 0 aliphatic rings. The van der Waals surface area contributed by atoms with Crippen molar-refractivity contribution in [3.8, 4) is 23.3 Å². The normalized spacial score (nSPS) is 11.8. The van der Waals surface area contributed by atoms with Crippen LogP contribution in [0.4, 0.5) is 0 Å². The second-order valence-corrected chi connectivity index (χ2v) is 7.60. The van der Waals surface area contributed by atoms with Gasteiger partial charge in [-0.3, -0.25) is 4.68 Å². The molecule has 10 heteroatoms. The smallest absolute Gasteiger partial charge is 0.236 e. The number of aromatic nitrogens is 8. The average molecular weight is 394 g/mol. The molecule has 0 fully saturated rings. The summed E-state index contributed by atoms with van der Waals surface area (Å²) in [6.45, 7) is 6.48. The third-order valence-electron chi connectivity index (χ3n) is 4.31. The summed E-state index contributed by atoms with van der Waals surface area (Å²) in [4.78, 5) is 8.63. The van der Waals surface area contributed by atoms with Gasteiger partial charge in [-0.15, -0.1) is 15.3 Å². The lowest BCUT2D eigenvalue weighted by molar-refractivity contribution is 0.271. The summed E-state index contributed by atoms with van der Waals surface area (Å²) in [7, 11) is 3.38. The number of nitrogens with zero attached hydrogens (tertiary/aromatic N) is 8. The van der Waals surface area contributed by atoms with E-state index in [0.717, 1.165) is 5.56 Å². The Bertz CT molecular complexity index is 1160. The average Bonchev–Trinajstić information content (AvgIpc) is 3.30. The summed E-state index contributed by atoms with van der Waals surface area (Å²) in [6, 6.07) is 7.38. The molecule has 0 bridgehead atoms. The van der Waals surface area contributed by atoms with E-state index in [9.17, 15) is 0 Å². The van der Waals surface area contributed by atoms with E-state index < -0.39 is 0 Å². The molecule has 150 valence electrons. The number of ether oxygens (including phenoxy) is 2. The molecule has 0 unspecified atom stereocenters. The highest BCUT2D eigenvalue weighted by atomic mass is 16.5. The van der Waals surface area contributed by atoms with E-state index in [2.05, 4.69) is 51.1 Å². The third-order valence-corrected chi connectivity index (χ3v) is 4.31. The molecule has 4 aromatic rings. The molecule has 0 N–H and O–H groups in total. The quantitative estimate of drug-likeness (QED) is 0.507. The molecule has 0 radical (unpaired) electrons. The molecule has 4 heterocycles. The van der Waals surface area contributed by atoms with Crippen molar-refractivity contribution in [3.05, 3.63) is 42.0 Å². The van der Waals surface area contributed by atoms with Gasteiger partial charge in [0.15, 0.2) is 18.1 Å². The molecule has 10 nitrogen and oxygen atoms in total. The van der Waals surface area contributed by atoms with E-state index in [-0.39, 0.29) is 12.0 Å². The summed E-state index contributed by atoms with van der Waals surface area (Å²) < 4.78 is 14.5. The van der Waals surface area contributed by atoms with Crippen LogP contribution in [-0.2, 0) is 19.1 Å². The third kappa shape index (κ3) is 3.73. The highest BCUT2D eigenvalue weighted by molar-refractivity contribution is 5.57. The summed E-state index contributed by atoms with van der Waals surface area (Å²) >= 11 is 0. The van der Waals surface area contributed by atoms with Crippen molar-refractivity contribution in [2.75, 3.05) is 7.11 Å². The number of rotatable bonds is 5. The van der Waals surface area contributed by atoms with E-state index in [1.165, 1.54) is 0 Å². The fraction of sp³-hybridized carbons (Fsp3) is 0.368. The molecule has 29 heavy (non-hydrogen) atoms. The zero-order valence-electron chi connectivity index (χ0n) is 17.0. The highest BCUT2D eigenvalue weighted by Crippen LogP contribution is 2.31. The molecule has 4 aromatic heterocycles.